The Morgan fingerprint density at radius 2 is 1.87 bits per heavy atom. The molecule has 0 radical (unpaired) electrons. The van der Waals surface area contributed by atoms with Crippen LogP contribution < -0.4 is 5.32 Å². The van der Waals surface area contributed by atoms with Crippen molar-refractivity contribution in [2.45, 2.75) is 26.2 Å². The molecule has 0 bridgehead atoms. The van der Waals surface area contributed by atoms with Gasteiger partial charge in [-0.1, -0.05) is 54.6 Å². The molecule has 4 rings (SSSR count). The molecule has 0 aliphatic carbocycles. The van der Waals surface area contributed by atoms with E-state index in [4.69, 9.17) is 0 Å². The summed E-state index contributed by atoms with van der Waals surface area (Å²) in [6.07, 6.45) is 3.66. The first kappa shape index (κ1) is 20.8. The molecule has 1 unspecified atom stereocenters. The maximum atomic E-state index is 13.2. The summed E-state index contributed by atoms with van der Waals surface area (Å²) in [5, 5.41) is 9.68. The number of aryl methyl sites for hydroxylation is 1. The Labute approximate surface area is 182 Å². The molecule has 6 heteroatoms. The quantitative estimate of drug-likeness (QED) is 0.667. The zero-order chi connectivity index (χ0) is 21.8. The number of aromatic amines is 1. The minimum absolute atomic E-state index is 0.0169. The fraction of sp³-hybridized carbons (Fsp3) is 0.320. The lowest BCUT2D eigenvalue weighted by Crippen LogP contribution is -2.54. The van der Waals surface area contributed by atoms with Gasteiger partial charge in [0.1, 0.15) is 0 Å². The smallest absolute Gasteiger partial charge is 0.257 e. The summed E-state index contributed by atoms with van der Waals surface area (Å²) in [4.78, 5) is 28.2. The van der Waals surface area contributed by atoms with Crippen LogP contribution in [0.2, 0.25) is 0 Å². The van der Waals surface area contributed by atoms with Gasteiger partial charge in [0.25, 0.3) is 5.91 Å². The van der Waals surface area contributed by atoms with Crippen LogP contribution in [-0.2, 0) is 11.2 Å². The van der Waals surface area contributed by atoms with E-state index in [1.807, 2.05) is 42.2 Å². The van der Waals surface area contributed by atoms with E-state index >= 15 is 0 Å². The molecule has 1 saturated heterocycles. The molecule has 1 aliphatic rings. The molecule has 0 spiro atoms. The number of benzene rings is 2. The number of aromatic nitrogens is 2. The predicted octanol–water partition coefficient (Wildman–Crippen LogP) is 3.60. The van der Waals surface area contributed by atoms with Crippen molar-refractivity contribution in [1.82, 2.24) is 20.4 Å². The number of piperidine rings is 1. The molecule has 3 aromatic rings. The van der Waals surface area contributed by atoms with E-state index in [9.17, 15) is 9.59 Å². The van der Waals surface area contributed by atoms with Crippen LogP contribution in [0.3, 0.4) is 0 Å². The molecule has 1 atom stereocenters. The summed E-state index contributed by atoms with van der Waals surface area (Å²) in [7, 11) is 1.67. The molecule has 2 amide bonds. The summed E-state index contributed by atoms with van der Waals surface area (Å²) >= 11 is 0. The Kier molecular flexibility index (Phi) is 5.89. The second-order valence-electron chi connectivity index (χ2n) is 8.30. The fourth-order valence-corrected chi connectivity index (χ4v) is 4.66. The fourth-order valence-electron chi connectivity index (χ4n) is 4.66. The zero-order valence-electron chi connectivity index (χ0n) is 18.0. The van der Waals surface area contributed by atoms with Gasteiger partial charge >= 0.3 is 0 Å². The van der Waals surface area contributed by atoms with Gasteiger partial charge in [-0.05, 0) is 42.9 Å². The molecule has 2 N–H and O–H groups in total. The standard InChI is InChI=1S/C25H28N4O2/c1-18-22(16-27-28-18)23(30)29-14-8-13-25(17-29,24(31)26-2)15-20-11-6-7-12-21(20)19-9-4-3-5-10-19/h3-7,9-12,16H,8,13-15,17H2,1-2H3,(H,26,31)(H,27,28). The Bertz CT molecular complexity index is 1080. The van der Waals surface area contributed by atoms with Crippen molar-refractivity contribution in [2.75, 3.05) is 20.1 Å². The Morgan fingerprint density at radius 3 is 2.58 bits per heavy atom. The third kappa shape index (κ3) is 4.10. The number of nitrogens with zero attached hydrogens (tertiary/aromatic N) is 2. The highest BCUT2D eigenvalue weighted by Gasteiger charge is 2.43. The minimum atomic E-state index is -0.675. The third-order valence-corrected chi connectivity index (χ3v) is 6.26. The van der Waals surface area contributed by atoms with Crippen LogP contribution in [0.1, 0.15) is 34.5 Å². The summed E-state index contributed by atoms with van der Waals surface area (Å²) in [6, 6.07) is 18.4. The summed E-state index contributed by atoms with van der Waals surface area (Å²) in [6.45, 7) is 2.87. The van der Waals surface area contributed by atoms with Gasteiger partial charge in [0.05, 0.1) is 17.2 Å². The molecule has 1 aliphatic heterocycles. The Hall–Kier alpha value is -3.41. The van der Waals surface area contributed by atoms with Gasteiger partial charge in [0.2, 0.25) is 5.91 Å². The summed E-state index contributed by atoms with van der Waals surface area (Å²) < 4.78 is 0. The first-order valence-electron chi connectivity index (χ1n) is 10.7. The molecular formula is C25H28N4O2. The van der Waals surface area contributed by atoms with Gasteiger partial charge < -0.3 is 10.2 Å². The number of amides is 2. The SMILES string of the molecule is CNC(=O)C1(Cc2ccccc2-c2ccccc2)CCCN(C(=O)c2cn[nH]c2C)C1. The second-order valence-corrected chi connectivity index (χ2v) is 8.30. The van der Waals surface area contributed by atoms with Gasteiger partial charge in [-0.25, -0.2) is 0 Å². The largest absolute Gasteiger partial charge is 0.359 e. The van der Waals surface area contributed by atoms with Gasteiger partial charge in [0, 0.05) is 25.8 Å². The number of nitrogens with one attached hydrogen (secondary N) is 2. The van der Waals surface area contributed by atoms with Crippen molar-refractivity contribution in [3.8, 4) is 11.1 Å². The zero-order valence-corrected chi connectivity index (χ0v) is 18.0. The van der Waals surface area contributed by atoms with Crippen LogP contribution in [-0.4, -0.2) is 47.0 Å². The molecule has 2 aromatic carbocycles. The Morgan fingerprint density at radius 1 is 1.13 bits per heavy atom. The monoisotopic (exact) mass is 416 g/mol. The van der Waals surface area contributed by atoms with Crippen molar-refractivity contribution in [3.05, 3.63) is 77.6 Å². The molecule has 1 fully saturated rings. The highest BCUT2D eigenvalue weighted by Crippen LogP contribution is 2.37. The van der Waals surface area contributed by atoms with Crippen molar-refractivity contribution in [3.63, 3.8) is 0 Å². The second kappa shape index (κ2) is 8.76. The number of carbonyl (C=O) groups excluding carboxylic acids is 2. The lowest BCUT2D eigenvalue weighted by molar-refractivity contribution is -0.133. The molecule has 1 aromatic heterocycles. The topological polar surface area (TPSA) is 78.1 Å². The average Bonchev–Trinajstić information content (AvgIpc) is 3.25. The maximum absolute atomic E-state index is 13.2. The van der Waals surface area contributed by atoms with Gasteiger partial charge in [0.15, 0.2) is 0 Å². The van der Waals surface area contributed by atoms with Crippen LogP contribution in [0.15, 0.2) is 60.8 Å². The van der Waals surface area contributed by atoms with Gasteiger partial charge in [-0.2, -0.15) is 5.10 Å². The minimum Gasteiger partial charge on any atom is -0.359 e. The lowest BCUT2D eigenvalue weighted by atomic mass is 9.73. The molecule has 31 heavy (non-hydrogen) atoms. The van der Waals surface area contributed by atoms with Crippen molar-refractivity contribution in [2.24, 2.45) is 5.41 Å². The number of hydrogen-bond donors (Lipinski definition) is 2. The number of H-pyrrole nitrogens is 1. The number of rotatable bonds is 5. The first-order chi connectivity index (χ1) is 15.0. The predicted molar refractivity (Wildman–Crippen MR) is 121 cm³/mol. The van der Waals surface area contributed by atoms with E-state index in [1.165, 1.54) is 0 Å². The van der Waals surface area contributed by atoms with E-state index in [0.717, 1.165) is 35.2 Å². The third-order valence-electron chi connectivity index (χ3n) is 6.26. The van der Waals surface area contributed by atoms with Crippen LogP contribution >= 0.6 is 0 Å². The normalized spacial score (nSPS) is 18.6. The Balaban J connectivity index is 1.68. The summed E-state index contributed by atoms with van der Waals surface area (Å²) in [5.41, 5.74) is 4.01. The number of carbonyl (C=O) groups is 2. The van der Waals surface area contributed by atoms with E-state index in [2.05, 4.69) is 39.8 Å². The van der Waals surface area contributed by atoms with Crippen LogP contribution in [0.4, 0.5) is 0 Å². The first-order valence-corrected chi connectivity index (χ1v) is 10.7. The van der Waals surface area contributed by atoms with Gasteiger partial charge in [-0.15, -0.1) is 0 Å². The van der Waals surface area contributed by atoms with Crippen LogP contribution in [0, 0.1) is 12.3 Å². The molecule has 0 saturated carbocycles. The van der Waals surface area contributed by atoms with E-state index in [0.29, 0.717) is 25.1 Å². The van der Waals surface area contributed by atoms with E-state index in [-0.39, 0.29) is 11.8 Å². The van der Waals surface area contributed by atoms with Crippen LogP contribution in [0.5, 0.6) is 0 Å². The summed E-state index contributed by atoms with van der Waals surface area (Å²) in [5.74, 6) is -0.0904. The average molecular weight is 417 g/mol. The highest BCUT2D eigenvalue weighted by molar-refractivity contribution is 5.95. The molecule has 160 valence electrons. The van der Waals surface area contributed by atoms with Gasteiger partial charge in [-0.3, -0.25) is 14.7 Å². The highest BCUT2D eigenvalue weighted by atomic mass is 16.2. The number of likely N-dealkylation sites (tertiary alicyclic amines) is 1. The van der Waals surface area contributed by atoms with Crippen molar-refractivity contribution in [1.29, 1.82) is 0 Å². The number of hydrogen-bond acceptors (Lipinski definition) is 3. The van der Waals surface area contributed by atoms with E-state index in [1.54, 1.807) is 13.2 Å². The molecular weight excluding hydrogens is 388 g/mol. The van der Waals surface area contributed by atoms with Crippen LogP contribution in [0.25, 0.3) is 11.1 Å². The molecule has 2 heterocycles. The lowest BCUT2D eigenvalue weighted by Gasteiger charge is -2.42. The maximum Gasteiger partial charge on any atom is 0.257 e. The van der Waals surface area contributed by atoms with Crippen molar-refractivity contribution >= 4 is 11.8 Å². The van der Waals surface area contributed by atoms with Crippen molar-refractivity contribution < 1.29 is 9.59 Å². The molecule has 6 nitrogen and oxygen atoms in total. The van der Waals surface area contributed by atoms with E-state index < -0.39 is 5.41 Å².